The van der Waals surface area contributed by atoms with Crippen LogP contribution in [0.3, 0.4) is 0 Å². The molecule has 30 heavy (non-hydrogen) atoms. The van der Waals surface area contributed by atoms with E-state index in [1.54, 1.807) is 0 Å². The molecule has 0 radical (unpaired) electrons. The van der Waals surface area contributed by atoms with E-state index >= 15 is 0 Å². The fourth-order valence-electron chi connectivity index (χ4n) is 8.19. The highest BCUT2D eigenvalue weighted by molar-refractivity contribution is 5.67. The molecule has 0 spiro atoms. The Bertz CT molecular complexity index is 651. The number of carbonyl (C=O) groups excluding carboxylic acids is 1. The van der Waals surface area contributed by atoms with Crippen molar-refractivity contribution in [2.45, 2.75) is 110 Å². The molecule has 4 aliphatic carbocycles. The van der Waals surface area contributed by atoms with E-state index in [1.807, 2.05) is 6.92 Å². The van der Waals surface area contributed by atoms with Crippen molar-refractivity contribution in [3.8, 4) is 0 Å². The normalized spacial score (nSPS) is 48.8. The maximum absolute atomic E-state index is 12.3. The van der Waals surface area contributed by atoms with E-state index in [-0.39, 0.29) is 35.7 Å². The monoisotopic (exact) mass is 421 g/mol. The molecule has 0 aromatic heterocycles. The number of nitrogens with one attached hydrogen (secondary N) is 1. The Morgan fingerprint density at radius 2 is 1.87 bits per heavy atom. The molecule has 172 valence electrons. The molecular formula is C25H43NO4. The van der Waals surface area contributed by atoms with Gasteiger partial charge < -0.3 is 20.3 Å². The van der Waals surface area contributed by atoms with Crippen molar-refractivity contribution in [2.24, 2.45) is 34.5 Å². The van der Waals surface area contributed by atoms with Gasteiger partial charge in [-0.1, -0.05) is 27.7 Å². The third kappa shape index (κ3) is 3.30. The van der Waals surface area contributed by atoms with Crippen molar-refractivity contribution in [2.75, 3.05) is 6.61 Å². The molecule has 0 bridgehead atoms. The number of hydrogen-bond acceptors (Lipinski definition) is 4. The largest absolute Gasteiger partial charge is 0.446 e. The van der Waals surface area contributed by atoms with Crippen LogP contribution in [0, 0.1) is 34.5 Å². The zero-order valence-corrected chi connectivity index (χ0v) is 19.5. The molecule has 4 aliphatic rings. The number of hydrogen-bond donors (Lipinski definition) is 3. The second-order valence-corrected chi connectivity index (χ2v) is 11.5. The zero-order valence-electron chi connectivity index (χ0n) is 19.5. The average Bonchev–Trinajstić information content (AvgIpc) is 2.96. The Labute approximate surface area is 182 Å². The maximum Gasteiger partial charge on any atom is 0.407 e. The lowest BCUT2D eigenvalue weighted by Crippen LogP contribution is -2.62. The molecule has 0 heterocycles. The molecular weight excluding hydrogens is 378 g/mol. The van der Waals surface area contributed by atoms with Gasteiger partial charge in [-0.05, 0) is 98.7 Å². The first-order valence-corrected chi connectivity index (χ1v) is 12.5. The second-order valence-electron chi connectivity index (χ2n) is 11.5. The van der Waals surface area contributed by atoms with Gasteiger partial charge in [-0.25, -0.2) is 4.79 Å². The number of alkyl carbamates (subject to hydrolysis) is 1. The quantitative estimate of drug-likeness (QED) is 0.618. The third-order valence-corrected chi connectivity index (χ3v) is 10.6. The number of fused-ring (bicyclic) bond motifs is 5. The van der Waals surface area contributed by atoms with Crippen molar-refractivity contribution in [1.29, 1.82) is 0 Å². The predicted molar refractivity (Wildman–Crippen MR) is 117 cm³/mol. The summed E-state index contributed by atoms with van der Waals surface area (Å²) in [5.74, 6) is 2.20. The number of ether oxygens (including phenoxy) is 1. The minimum absolute atomic E-state index is 0.0285. The minimum atomic E-state index is -0.490. The number of carbonyl (C=O) groups is 1. The van der Waals surface area contributed by atoms with Crippen LogP contribution in [0.2, 0.25) is 0 Å². The Morgan fingerprint density at radius 3 is 2.57 bits per heavy atom. The molecule has 0 saturated heterocycles. The van der Waals surface area contributed by atoms with E-state index in [0.29, 0.717) is 30.1 Å². The van der Waals surface area contributed by atoms with Crippen LogP contribution < -0.4 is 5.32 Å². The lowest BCUT2D eigenvalue weighted by Gasteiger charge is -2.63. The van der Waals surface area contributed by atoms with Crippen LogP contribution in [0.15, 0.2) is 0 Å². The maximum atomic E-state index is 12.3. The summed E-state index contributed by atoms with van der Waals surface area (Å²) in [6.07, 6.45) is 9.98. The van der Waals surface area contributed by atoms with Crippen LogP contribution in [0.1, 0.15) is 91.9 Å². The molecule has 0 aromatic rings. The Kier molecular flexibility index (Phi) is 5.93. The smallest absolute Gasteiger partial charge is 0.407 e. The molecule has 5 heteroatoms. The number of aliphatic hydroxyl groups is 2. The molecule has 0 unspecified atom stereocenters. The van der Waals surface area contributed by atoms with Gasteiger partial charge >= 0.3 is 6.09 Å². The molecule has 0 aromatic carbocycles. The molecule has 3 N–H and O–H groups in total. The summed E-state index contributed by atoms with van der Waals surface area (Å²) in [5.41, 5.74) is -0.159. The predicted octanol–water partition coefficient (Wildman–Crippen LogP) is 4.65. The van der Waals surface area contributed by atoms with E-state index in [4.69, 9.17) is 4.74 Å². The first kappa shape index (κ1) is 22.4. The van der Waals surface area contributed by atoms with Crippen molar-refractivity contribution >= 4 is 6.09 Å². The van der Waals surface area contributed by atoms with Gasteiger partial charge in [0.1, 0.15) is 6.10 Å². The SMILES string of the molecule is CC[C@H](CO)NC(=O)O[C@H]1CC[C@@]2(C)[C@H](CC[C@@H]3[C@@H]2CC[C@]2(C)[C@@H](C)CC[C@]32O)C1. The Hall–Kier alpha value is -0.810. The van der Waals surface area contributed by atoms with E-state index in [1.165, 1.54) is 6.42 Å². The van der Waals surface area contributed by atoms with Crippen LogP contribution in [0.5, 0.6) is 0 Å². The Morgan fingerprint density at radius 1 is 1.10 bits per heavy atom. The van der Waals surface area contributed by atoms with Crippen LogP contribution >= 0.6 is 0 Å². The van der Waals surface area contributed by atoms with Gasteiger partial charge in [0.05, 0.1) is 18.2 Å². The van der Waals surface area contributed by atoms with Gasteiger partial charge in [-0.3, -0.25) is 0 Å². The van der Waals surface area contributed by atoms with Gasteiger partial charge in [0.2, 0.25) is 0 Å². The van der Waals surface area contributed by atoms with E-state index in [9.17, 15) is 15.0 Å². The highest BCUT2D eigenvalue weighted by atomic mass is 16.6. The highest BCUT2D eigenvalue weighted by Crippen LogP contribution is 2.68. The van der Waals surface area contributed by atoms with E-state index in [2.05, 4.69) is 26.1 Å². The molecule has 4 saturated carbocycles. The fourth-order valence-corrected chi connectivity index (χ4v) is 8.19. The average molecular weight is 422 g/mol. The van der Waals surface area contributed by atoms with Crippen molar-refractivity contribution in [3.05, 3.63) is 0 Å². The number of rotatable bonds is 4. The van der Waals surface area contributed by atoms with Crippen LogP contribution in [-0.4, -0.2) is 40.7 Å². The molecule has 0 aliphatic heterocycles. The number of amides is 1. The van der Waals surface area contributed by atoms with Gasteiger partial charge in [-0.15, -0.1) is 0 Å². The van der Waals surface area contributed by atoms with Gasteiger partial charge in [-0.2, -0.15) is 0 Å². The summed E-state index contributed by atoms with van der Waals surface area (Å²) >= 11 is 0. The van der Waals surface area contributed by atoms with Gasteiger partial charge in [0.15, 0.2) is 0 Å². The summed E-state index contributed by atoms with van der Waals surface area (Å²) in [6, 6.07) is -0.229. The first-order valence-electron chi connectivity index (χ1n) is 12.5. The van der Waals surface area contributed by atoms with Crippen molar-refractivity contribution in [1.82, 2.24) is 5.32 Å². The van der Waals surface area contributed by atoms with E-state index < -0.39 is 5.60 Å². The van der Waals surface area contributed by atoms with Crippen molar-refractivity contribution < 1.29 is 19.7 Å². The topological polar surface area (TPSA) is 78.8 Å². The Balaban J connectivity index is 1.43. The summed E-state index contributed by atoms with van der Waals surface area (Å²) in [7, 11) is 0. The van der Waals surface area contributed by atoms with E-state index in [0.717, 1.165) is 51.4 Å². The summed E-state index contributed by atoms with van der Waals surface area (Å²) in [5, 5.41) is 24.0. The summed E-state index contributed by atoms with van der Waals surface area (Å²) in [4.78, 5) is 12.3. The lowest BCUT2D eigenvalue weighted by atomic mass is 9.43. The van der Waals surface area contributed by atoms with Gasteiger partial charge in [0.25, 0.3) is 0 Å². The highest BCUT2D eigenvalue weighted by Gasteiger charge is 2.66. The van der Waals surface area contributed by atoms with Crippen LogP contribution in [0.25, 0.3) is 0 Å². The fraction of sp³-hybridized carbons (Fsp3) is 0.960. The molecule has 4 rings (SSSR count). The third-order valence-electron chi connectivity index (χ3n) is 10.6. The molecule has 9 atom stereocenters. The zero-order chi connectivity index (χ0) is 21.7. The first-order chi connectivity index (χ1) is 14.2. The summed E-state index contributed by atoms with van der Waals surface area (Å²) < 4.78 is 5.76. The second kappa shape index (κ2) is 7.95. The minimum Gasteiger partial charge on any atom is -0.446 e. The molecule has 5 nitrogen and oxygen atoms in total. The molecule has 1 amide bonds. The summed E-state index contributed by atoms with van der Waals surface area (Å²) in [6.45, 7) is 9.06. The van der Waals surface area contributed by atoms with Crippen LogP contribution in [-0.2, 0) is 4.74 Å². The molecule has 4 fully saturated rings. The van der Waals surface area contributed by atoms with Gasteiger partial charge in [0, 0.05) is 0 Å². The number of aliphatic hydroxyl groups excluding tert-OH is 1. The van der Waals surface area contributed by atoms with Crippen LogP contribution in [0.4, 0.5) is 4.79 Å². The lowest BCUT2D eigenvalue weighted by molar-refractivity contribution is -0.209. The van der Waals surface area contributed by atoms with Crippen molar-refractivity contribution in [3.63, 3.8) is 0 Å². The standard InChI is InChI=1S/C25H43NO4/c1-5-18(15-27)26-22(28)30-19-9-11-23(3)17(14-19)6-7-21-20(23)10-12-24(4)16(2)8-13-25(21,24)29/h16-21,27,29H,5-15H2,1-4H3,(H,26,28)/t16-,17+,18+,19-,20-,21+,23-,24+,25-/m0/s1.